The Kier molecular flexibility index (Phi) is 4.77. The van der Waals surface area contributed by atoms with Gasteiger partial charge in [-0.15, -0.1) is 0 Å². The fourth-order valence-electron chi connectivity index (χ4n) is 2.99. The van der Waals surface area contributed by atoms with Gasteiger partial charge in [-0.3, -0.25) is 9.59 Å². The van der Waals surface area contributed by atoms with E-state index < -0.39 is 5.54 Å². The zero-order valence-electron chi connectivity index (χ0n) is 12.2. The summed E-state index contributed by atoms with van der Waals surface area (Å²) in [6.07, 6.45) is 2.95. The zero-order chi connectivity index (χ0) is 13.9. The van der Waals surface area contributed by atoms with Gasteiger partial charge in [-0.2, -0.15) is 0 Å². The van der Waals surface area contributed by atoms with E-state index in [1.165, 1.54) is 0 Å². The van der Waals surface area contributed by atoms with Gasteiger partial charge in [-0.25, -0.2) is 0 Å². The van der Waals surface area contributed by atoms with Gasteiger partial charge in [0.2, 0.25) is 11.8 Å². The van der Waals surface area contributed by atoms with Crippen molar-refractivity contribution in [3.05, 3.63) is 0 Å². The van der Waals surface area contributed by atoms with Gasteiger partial charge in [0, 0.05) is 6.04 Å². The maximum atomic E-state index is 12.5. The number of amides is 2. The summed E-state index contributed by atoms with van der Waals surface area (Å²) in [4.78, 5) is 26.8. The van der Waals surface area contributed by atoms with Crippen molar-refractivity contribution in [1.29, 1.82) is 0 Å². The summed E-state index contributed by atoms with van der Waals surface area (Å²) in [5.41, 5.74) is -0.657. The molecule has 4 nitrogen and oxygen atoms in total. The minimum Gasteiger partial charge on any atom is -0.342 e. The summed E-state index contributed by atoms with van der Waals surface area (Å²) in [6, 6.07) is -0.279. The van der Waals surface area contributed by atoms with Gasteiger partial charge in [0.15, 0.2) is 0 Å². The largest absolute Gasteiger partial charge is 0.342 e. The SMILES string of the molecule is CCCC1NC(=O)C(CC)(CC)N(C(C)C)C1=O. The summed E-state index contributed by atoms with van der Waals surface area (Å²) in [7, 11) is 0. The van der Waals surface area contributed by atoms with E-state index in [1.807, 2.05) is 39.5 Å². The lowest BCUT2D eigenvalue weighted by atomic mass is 9.84. The highest BCUT2D eigenvalue weighted by atomic mass is 16.2. The minimum absolute atomic E-state index is 0.0132. The first-order valence-corrected chi connectivity index (χ1v) is 7.08. The molecule has 1 aliphatic rings. The van der Waals surface area contributed by atoms with E-state index in [9.17, 15) is 9.59 Å². The van der Waals surface area contributed by atoms with E-state index in [0.717, 1.165) is 12.8 Å². The van der Waals surface area contributed by atoms with Gasteiger partial charge < -0.3 is 10.2 Å². The van der Waals surface area contributed by atoms with Gasteiger partial charge in [0.1, 0.15) is 11.6 Å². The molecule has 1 unspecified atom stereocenters. The van der Waals surface area contributed by atoms with Crippen LogP contribution in [0.4, 0.5) is 0 Å². The highest BCUT2D eigenvalue weighted by Crippen LogP contribution is 2.31. The maximum Gasteiger partial charge on any atom is 0.246 e. The number of hydrogen-bond donors (Lipinski definition) is 1. The van der Waals surface area contributed by atoms with E-state index in [2.05, 4.69) is 5.32 Å². The second-order valence-corrected chi connectivity index (χ2v) is 5.36. The predicted octanol–water partition coefficient (Wildman–Crippen LogP) is 2.08. The lowest BCUT2D eigenvalue weighted by molar-refractivity contribution is -0.161. The van der Waals surface area contributed by atoms with Gasteiger partial charge in [0.25, 0.3) is 0 Å². The molecule has 18 heavy (non-hydrogen) atoms. The molecule has 1 fully saturated rings. The number of rotatable bonds is 5. The van der Waals surface area contributed by atoms with E-state index in [4.69, 9.17) is 0 Å². The van der Waals surface area contributed by atoms with Crippen molar-refractivity contribution in [2.24, 2.45) is 0 Å². The summed E-state index contributed by atoms with van der Waals surface area (Å²) < 4.78 is 0. The van der Waals surface area contributed by atoms with E-state index in [0.29, 0.717) is 12.8 Å². The molecular formula is C14H26N2O2. The van der Waals surface area contributed by atoms with Gasteiger partial charge >= 0.3 is 0 Å². The first-order chi connectivity index (χ1) is 8.44. The van der Waals surface area contributed by atoms with Gasteiger partial charge in [-0.1, -0.05) is 27.2 Å². The van der Waals surface area contributed by atoms with E-state index in [1.54, 1.807) is 0 Å². The topological polar surface area (TPSA) is 49.4 Å². The molecule has 0 aromatic carbocycles. The zero-order valence-corrected chi connectivity index (χ0v) is 12.2. The first kappa shape index (κ1) is 15.0. The van der Waals surface area contributed by atoms with Gasteiger partial charge in [-0.05, 0) is 33.1 Å². The highest BCUT2D eigenvalue weighted by molar-refractivity contribution is 5.99. The number of hydrogen-bond acceptors (Lipinski definition) is 2. The fraction of sp³-hybridized carbons (Fsp3) is 0.857. The molecule has 1 saturated heterocycles. The summed E-state index contributed by atoms with van der Waals surface area (Å²) in [5, 5.41) is 2.91. The average molecular weight is 254 g/mol. The van der Waals surface area contributed by atoms with Crippen LogP contribution in [0.3, 0.4) is 0 Å². The predicted molar refractivity (Wildman–Crippen MR) is 72.1 cm³/mol. The van der Waals surface area contributed by atoms with Crippen molar-refractivity contribution in [2.75, 3.05) is 0 Å². The molecule has 0 radical (unpaired) electrons. The Morgan fingerprint density at radius 1 is 1.22 bits per heavy atom. The van der Waals surface area contributed by atoms with Crippen LogP contribution in [0.5, 0.6) is 0 Å². The Bertz CT molecular complexity index is 322. The van der Waals surface area contributed by atoms with Crippen LogP contribution < -0.4 is 5.32 Å². The van der Waals surface area contributed by atoms with Crippen molar-refractivity contribution in [2.45, 2.75) is 77.9 Å². The average Bonchev–Trinajstić information content (AvgIpc) is 2.33. The van der Waals surface area contributed by atoms with Crippen LogP contribution in [-0.4, -0.2) is 34.3 Å². The molecule has 1 rings (SSSR count). The number of carbonyl (C=O) groups is 2. The van der Waals surface area contributed by atoms with Crippen LogP contribution in [0.25, 0.3) is 0 Å². The highest BCUT2D eigenvalue weighted by Gasteiger charge is 2.50. The summed E-state index contributed by atoms with van der Waals surface area (Å²) >= 11 is 0. The third-order valence-corrected chi connectivity index (χ3v) is 3.99. The molecule has 0 saturated carbocycles. The molecule has 0 spiro atoms. The van der Waals surface area contributed by atoms with E-state index >= 15 is 0 Å². The second kappa shape index (κ2) is 5.72. The van der Waals surface area contributed by atoms with Gasteiger partial charge in [0.05, 0.1) is 0 Å². The second-order valence-electron chi connectivity index (χ2n) is 5.36. The Labute approximate surface area is 110 Å². The van der Waals surface area contributed by atoms with Crippen LogP contribution in [0.2, 0.25) is 0 Å². The molecule has 0 aromatic heterocycles. The maximum absolute atomic E-state index is 12.5. The number of nitrogens with one attached hydrogen (secondary N) is 1. The summed E-state index contributed by atoms with van der Waals surface area (Å²) in [5.74, 6) is 0.0920. The molecule has 1 N–H and O–H groups in total. The van der Waals surface area contributed by atoms with Crippen molar-refractivity contribution in [1.82, 2.24) is 10.2 Å². The number of piperazine rings is 1. The molecule has 0 aliphatic carbocycles. The lowest BCUT2D eigenvalue weighted by Gasteiger charge is -2.49. The Morgan fingerprint density at radius 2 is 1.78 bits per heavy atom. The van der Waals surface area contributed by atoms with E-state index in [-0.39, 0.29) is 23.9 Å². The Balaban J connectivity index is 3.14. The minimum atomic E-state index is -0.657. The van der Waals surface area contributed by atoms with Crippen LogP contribution in [0.15, 0.2) is 0 Å². The Hall–Kier alpha value is -1.06. The molecule has 4 heteroatoms. The quantitative estimate of drug-likeness (QED) is 0.816. The normalized spacial score (nSPS) is 23.4. The first-order valence-electron chi connectivity index (χ1n) is 7.08. The molecular weight excluding hydrogens is 228 g/mol. The third kappa shape index (κ3) is 2.25. The molecule has 2 amide bonds. The molecule has 104 valence electrons. The van der Waals surface area contributed by atoms with Crippen molar-refractivity contribution in [3.63, 3.8) is 0 Å². The molecule has 0 bridgehead atoms. The smallest absolute Gasteiger partial charge is 0.246 e. The van der Waals surface area contributed by atoms with Crippen LogP contribution >= 0.6 is 0 Å². The third-order valence-electron chi connectivity index (χ3n) is 3.99. The van der Waals surface area contributed by atoms with Crippen molar-refractivity contribution < 1.29 is 9.59 Å². The van der Waals surface area contributed by atoms with Crippen molar-refractivity contribution >= 4 is 11.8 Å². The van der Waals surface area contributed by atoms with Crippen molar-refractivity contribution in [3.8, 4) is 0 Å². The van der Waals surface area contributed by atoms with Crippen LogP contribution in [-0.2, 0) is 9.59 Å². The molecule has 1 heterocycles. The molecule has 1 atom stereocenters. The fourth-order valence-corrected chi connectivity index (χ4v) is 2.99. The monoisotopic (exact) mass is 254 g/mol. The summed E-state index contributed by atoms with van der Waals surface area (Å²) in [6.45, 7) is 9.96. The number of carbonyl (C=O) groups excluding carboxylic acids is 2. The lowest BCUT2D eigenvalue weighted by Crippen LogP contribution is -2.71. The molecule has 0 aromatic rings. The number of nitrogens with zero attached hydrogens (tertiary/aromatic N) is 1. The van der Waals surface area contributed by atoms with Crippen LogP contribution in [0, 0.1) is 0 Å². The standard InChI is InChI=1S/C14H26N2O2/c1-6-9-11-12(17)16(10(4)5)14(7-2,8-3)13(18)15-11/h10-11H,6-9H2,1-5H3,(H,15,18). The van der Waals surface area contributed by atoms with Crippen LogP contribution in [0.1, 0.15) is 60.3 Å². The Morgan fingerprint density at radius 3 is 2.17 bits per heavy atom. The molecule has 1 aliphatic heterocycles.